The van der Waals surface area contributed by atoms with Crippen molar-refractivity contribution in [3.8, 4) is 6.07 Å². The molecule has 2 N–H and O–H groups in total. The van der Waals surface area contributed by atoms with Crippen molar-refractivity contribution < 1.29 is 4.79 Å². The molecule has 0 heterocycles. The molecule has 0 saturated carbocycles. The third-order valence-electron chi connectivity index (χ3n) is 0.681. The lowest BCUT2D eigenvalue weighted by Gasteiger charge is -1.90. The van der Waals surface area contributed by atoms with Gasteiger partial charge in [0.15, 0.2) is 0 Å². The minimum Gasteiger partial charge on any atom is -0.368 e. The molecule has 0 radical (unpaired) electrons. The van der Waals surface area contributed by atoms with Gasteiger partial charge in [-0.15, -0.1) is 6.58 Å². The van der Waals surface area contributed by atoms with E-state index in [0.29, 0.717) is 0 Å². The summed E-state index contributed by atoms with van der Waals surface area (Å²) in [4.78, 5) is 10.1. The SMILES string of the molecule is C=CC(C#N)C(N)=O. The molecule has 0 aromatic carbocycles. The van der Waals surface area contributed by atoms with Crippen LogP contribution in [0.3, 0.4) is 0 Å². The topological polar surface area (TPSA) is 66.9 Å². The summed E-state index contributed by atoms with van der Waals surface area (Å²) in [6.07, 6.45) is 1.21. The molecule has 42 valence electrons. The maximum Gasteiger partial charge on any atom is 0.238 e. The van der Waals surface area contributed by atoms with Crippen molar-refractivity contribution in [3.05, 3.63) is 12.7 Å². The van der Waals surface area contributed by atoms with Crippen LogP contribution < -0.4 is 5.73 Å². The molecule has 0 fully saturated rings. The Morgan fingerprint density at radius 1 is 2.00 bits per heavy atom. The Morgan fingerprint density at radius 2 is 2.50 bits per heavy atom. The third kappa shape index (κ3) is 1.43. The number of hydrogen-bond acceptors (Lipinski definition) is 2. The van der Waals surface area contributed by atoms with E-state index >= 15 is 0 Å². The Balaban J connectivity index is 3.95. The van der Waals surface area contributed by atoms with Gasteiger partial charge in [0.2, 0.25) is 5.91 Å². The van der Waals surface area contributed by atoms with Crippen molar-refractivity contribution in [1.82, 2.24) is 0 Å². The molecule has 8 heavy (non-hydrogen) atoms. The molecular weight excluding hydrogens is 104 g/mol. The minimum absolute atomic E-state index is 0.650. The summed E-state index contributed by atoms with van der Waals surface area (Å²) in [6, 6.07) is 1.66. The largest absolute Gasteiger partial charge is 0.368 e. The zero-order chi connectivity index (χ0) is 6.57. The molecule has 3 heteroatoms. The van der Waals surface area contributed by atoms with Crippen molar-refractivity contribution in [2.45, 2.75) is 0 Å². The highest BCUT2D eigenvalue weighted by molar-refractivity contribution is 5.80. The summed E-state index contributed by atoms with van der Waals surface area (Å²) in [5.41, 5.74) is 4.73. The molecule has 3 nitrogen and oxygen atoms in total. The van der Waals surface area contributed by atoms with E-state index in [0.717, 1.165) is 0 Å². The second-order valence-electron chi connectivity index (χ2n) is 1.24. The van der Waals surface area contributed by atoms with Crippen LogP contribution >= 0.6 is 0 Å². The normalized spacial score (nSPS) is 11.4. The summed E-state index contributed by atoms with van der Waals surface area (Å²) >= 11 is 0. The van der Waals surface area contributed by atoms with E-state index in [1.165, 1.54) is 6.08 Å². The van der Waals surface area contributed by atoms with Crippen molar-refractivity contribution in [2.24, 2.45) is 11.7 Å². The lowest BCUT2D eigenvalue weighted by molar-refractivity contribution is -0.119. The molecule has 1 amide bonds. The Morgan fingerprint density at radius 3 is 2.50 bits per heavy atom. The molecule has 0 saturated heterocycles. The lowest BCUT2D eigenvalue weighted by Crippen LogP contribution is -2.19. The van der Waals surface area contributed by atoms with E-state index in [9.17, 15) is 4.79 Å². The molecule has 0 aromatic rings. The fourth-order valence-electron chi connectivity index (χ4n) is 0.232. The summed E-state index contributed by atoms with van der Waals surface area (Å²) in [7, 11) is 0. The number of amides is 1. The van der Waals surface area contributed by atoms with E-state index in [1.54, 1.807) is 6.07 Å². The molecule has 0 aliphatic rings. The monoisotopic (exact) mass is 110 g/mol. The van der Waals surface area contributed by atoms with E-state index in [4.69, 9.17) is 11.0 Å². The van der Waals surface area contributed by atoms with Gasteiger partial charge in [-0.05, 0) is 0 Å². The van der Waals surface area contributed by atoms with Crippen LogP contribution in [-0.4, -0.2) is 5.91 Å². The highest BCUT2D eigenvalue weighted by Crippen LogP contribution is 1.90. The number of carbonyl (C=O) groups excluding carboxylic acids is 1. The molecule has 0 spiro atoms. The van der Waals surface area contributed by atoms with Gasteiger partial charge in [0.05, 0.1) is 6.07 Å². The van der Waals surface area contributed by atoms with Gasteiger partial charge in [0.1, 0.15) is 5.92 Å². The number of hydrogen-bond donors (Lipinski definition) is 1. The van der Waals surface area contributed by atoms with Crippen molar-refractivity contribution in [1.29, 1.82) is 5.26 Å². The number of nitriles is 1. The number of rotatable bonds is 2. The summed E-state index contributed by atoms with van der Waals surface area (Å²) in [5, 5.41) is 8.07. The highest BCUT2D eigenvalue weighted by Gasteiger charge is 2.06. The van der Waals surface area contributed by atoms with Crippen molar-refractivity contribution in [2.75, 3.05) is 0 Å². The van der Waals surface area contributed by atoms with E-state index < -0.39 is 11.8 Å². The number of nitrogens with zero attached hydrogens (tertiary/aromatic N) is 1. The number of carbonyl (C=O) groups is 1. The van der Waals surface area contributed by atoms with Crippen LogP contribution in [0.4, 0.5) is 0 Å². The van der Waals surface area contributed by atoms with Gasteiger partial charge in [-0.2, -0.15) is 5.26 Å². The second kappa shape index (κ2) is 2.80. The molecular formula is C5H6N2O. The highest BCUT2D eigenvalue weighted by atomic mass is 16.1. The first kappa shape index (κ1) is 6.70. The van der Waals surface area contributed by atoms with Gasteiger partial charge >= 0.3 is 0 Å². The van der Waals surface area contributed by atoms with Crippen LogP contribution in [0.25, 0.3) is 0 Å². The molecule has 0 bridgehead atoms. The van der Waals surface area contributed by atoms with E-state index in [1.807, 2.05) is 0 Å². The van der Waals surface area contributed by atoms with Crippen molar-refractivity contribution >= 4 is 5.91 Å². The quantitative estimate of drug-likeness (QED) is 0.500. The van der Waals surface area contributed by atoms with Crippen LogP contribution in [0.1, 0.15) is 0 Å². The van der Waals surface area contributed by atoms with Crippen LogP contribution in [0.15, 0.2) is 12.7 Å². The molecule has 0 aliphatic heterocycles. The van der Waals surface area contributed by atoms with E-state index in [2.05, 4.69) is 6.58 Å². The van der Waals surface area contributed by atoms with Gasteiger partial charge in [-0.1, -0.05) is 6.08 Å². The summed E-state index contributed by atoms with van der Waals surface area (Å²) in [5.74, 6) is -1.49. The van der Waals surface area contributed by atoms with Gasteiger partial charge in [-0.25, -0.2) is 0 Å². The Labute approximate surface area is 47.4 Å². The van der Waals surface area contributed by atoms with Crippen LogP contribution in [-0.2, 0) is 4.79 Å². The Kier molecular flexibility index (Phi) is 2.35. The predicted molar refractivity (Wildman–Crippen MR) is 28.5 cm³/mol. The first-order valence-corrected chi connectivity index (χ1v) is 2.04. The molecule has 0 rings (SSSR count). The number of nitrogens with two attached hydrogens (primary N) is 1. The zero-order valence-electron chi connectivity index (χ0n) is 4.29. The summed E-state index contributed by atoms with van der Waals surface area (Å²) < 4.78 is 0. The molecule has 1 atom stereocenters. The van der Waals surface area contributed by atoms with E-state index in [-0.39, 0.29) is 0 Å². The predicted octanol–water partition coefficient (Wildman–Crippen LogP) is -0.203. The molecule has 0 aliphatic carbocycles. The van der Waals surface area contributed by atoms with Crippen LogP contribution in [0.2, 0.25) is 0 Å². The van der Waals surface area contributed by atoms with Crippen molar-refractivity contribution in [3.63, 3.8) is 0 Å². The van der Waals surface area contributed by atoms with Gasteiger partial charge in [0.25, 0.3) is 0 Å². The summed E-state index contributed by atoms with van der Waals surface area (Å²) in [6.45, 7) is 3.23. The standard InChI is InChI=1S/C5H6N2O/c1-2-4(3-6)5(7)8/h2,4H,1H2,(H2,7,8). The maximum absolute atomic E-state index is 10.1. The third-order valence-corrected chi connectivity index (χ3v) is 0.681. The smallest absolute Gasteiger partial charge is 0.238 e. The maximum atomic E-state index is 10.1. The zero-order valence-corrected chi connectivity index (χ0v) is 4.29. The average molecular weight is 110 g/mol. The minimum atomic E-state index is -0.838. The first-order valence-electron chi connectivity index (χ1n) is 2.04. The molecule has 0 aromatic heterocycles. The average Bonchev–Trinajstić information content (AvgIpc) is 1.69. The van der Waals surface area contributed by atoms with Gasteiger partial charge < -0.3 is 5.73 Å². The van der Waals surface area contributed by atoms with Gasteiger partial charge in [-0.3, -0.25) is 4.79 Å². The fraction of sp³-hybridized carbons (Fsp3) is 0.200. The molecule has 1 unspecified atom stereocenters. The second-order valence-corrected chi connectivity index (χ2v) is 1.24. The first-order chi connectivity index (χ1) is 3.72. The Bertz CT molecular complexity index is 145. The van der Waals surface area contributed by atoms with Crippen LogP contribution in [0, 0.1) is 17.2 Å². The lowest BCUT2D eigenvalue weighted by atomic mass is 10.2. The fourth-order valence-corrected chi connectivity index (χ4v) is 0.232. The van der Waals surface area contributed by atoms with Gasteiger partial charge in [0, 0.05) is 0 Å². The Hall–Kier alpha value is -1.30. The van der Waals surface area contributed by atoms with Crippen LogP contribution in [0.5, 0.6) is 0 Å². The number of primary amides is 1.